The Labute approximate surface area is 142 Å². The molecule has 5 nitrogen and oxygen atoms in total. The van der Waals surface area contributed by atoms with Crippen LogP contribution in [0.2, 0.25) is 0 Å². The van der Waals surface area contributed by atoms with Crippen LogP contribution in [0.15, 0.2) is 30.6 Å². The smallest absolute Gasteiger partial charge is 0.326 e. The van der Waals surface area contributed by atoms with Gasteiger partial charge in [0, 0.05) is 11.1 Å². The molecule has 1 aromatic carbocycles. The number of aromatic nitrogens is 2. The van der Waals surface area contributed by atoms with Gasteiger partial charge in [-0.2, -0.15) is 0 Å². The molecule has 0 amide bonds. The van der Waals surface area contributed by atoms with Gasteiger partial charge in [0.05, 0.1) is 5.69 Å². The molecule has 126 valence electrons. The third-order valence-electron chi connectivity index (χ3n) is 4.86. The number of hydrogen-bond donors (Lipinski definition) is 2. The van der Waals surface area contributed by atoms with Crippen molar-refractivity contribution in [3.05, 3.63) is 41.7 Å². The lowest BCUT2D eigenvalue weighted by Gasteiger charge is -2.22. The van der Waals surface area contributed by atoms with E-state index in [-0.39, 0.29) is 5.92 Å². The first-order valence-corrected chi connectivity index (χ1v) is 8.53. The molecule has 24 heavy (non-hydrogen) atoms. The first-order valence-electron chi connectivity index (χ1n) is 8.53. The van der Waals surface area contributed by atoms with E-state index >= 15 is 0 Å². The van der Waals surface area contributed by atoms with Crippen molar-refractivity contribution in [3.8, 4) is 11.3 Å². The van der Waals surface area contributed by atoms with Gasteiger partial charge in [0.25, 0.3) is 0 Å². The Balaban J connectivity index is 2.02. The molecule has 0 saturated carbocycles. The normalized spacial score (nSPS) is 15.6. The van der Waals surface area contributed by atoms with Crippen LogP contribution in [0.25, 0.3) is 11.3 Å². The Morgan fingerprint density at radius 1 is 1.29 bits per heavy atom. The fourth-order valence-electron chi connectivity index (χ4n) is 3.26. The molecular weight excluding hydrogens is 302 g/mol. The summed E-state index contributed by atoms with van der Waals surface area (Å²) < 4.78 is 0. The van der Waals surface area contributed by atoms with E-state index in [1.807, 2.05) is 26.0 Å². The molecule has 0 bridgehead atoms. The lowest BCUT2D eigenvalue weighted by molar-refractivity contribution is -0.139. The minimum Gasteiger partial charge on any atom is -0.480 e. The number of benzene rings is 1. The van der Waals surface area contributed by atoms with Crippen molar-refractivity contribution >= 4 is 11.8 Å². The minimum absolute atomic E-state index is 0.0196. The molecule has 0 fully saturated rings. The molecule has 0 spiro atoms. The maximum Gasteiger partial charge on any atom is 0.326 e. The number of carboxylic acid groups (broad SMARTS) is 1. The lowest BCUT2D eigenvalue weighted by Crippen LogP contribution is -2.36. The number of nitrogens with one attached hydrogen (secondary N) is 1. The molecule has 0 aliphatic heterocycles. The van der Waals surface area contributed by atoms with Gasteiger partial charge in [-0.3, -0.25) is 0 Å². The summed E-state index contributed by atoms with van der Waals surface area (Å²) in [5, 5.41) is 12.7. The van der Waals surface area contributed by atoms with Crippen LogP contribution < -0.4 is 5.32 Å². The van der Waals surface area contributed by atoms with Crippen molar-refractivity contribution in [1.29, 1.82) is 0 Å². The SMILES string of the molecule is CCC(C)[C@@H](Nc1ncnc2c1CCCc1ccccc1-2)C(=O)O. The maximum absolute atomic E-state index is 11.6. The van der Waals surface area contributed by atoms with E-state index in [2.05, 4.69) is 27.4 Å². The highest BCUT2D eigenvalue weighted by atomic mass is 16.4. The Kier molecular flexibility index (Phi) is 4.79. The number of anilines is 1. The van der Waals surface area contributed by atoms with Crippen LogP contribution in [0.4, 0.5) is 5.82 Å². The van der Waals surface area contributed by atoms with Crippen molar-refractivity contribution < 1.29 is 9.90 Å². The summed E-state index contributed by atoms with van der Waals surface area (Å²) in [4.78, 5) is 20.5. The quantitative estimate of drug-likeness (QED) is 0.879. The number of aliphatic carboxylic acids is 1. The highest BCUT2D eigenvalue weighted by molar-refractivity contribution is 5.79. The van der Waals surface area contributed by atoms with Crippen LogP contribution in [-0.4, -0.2) is 27.1 Å². The Morgan fingerprint density at radius 3 is 2.83 bits per heavy atom. The number of carboxylic acids is 1. The summed E-state index contributed by atoms with van der Waals surface area (Å²) in [6.07, 6.45) is 5.17. The molecule has 1 heterocycles. The Hall–Kier alpha value is -2.43. The average molecular weight is 325 g/mol. The van der Waals surface area contributed by atoms with E-state index in [4.69, 9.17) is 0 Å². The lowest BCUT2D eigenvalue weighted by atomic mass is 9.98. The van der Waals surface area contributed by atoms with Crippen LogP contribution in [0, 0.1) is 5.92 Å². The fourth-order valence-corrected chi connectivity index (χ4v) is 3.26. The van der Waals surface area contributed by atoms with E-state index in [1.165, 1.54) is 11.9 Å². The highest BCUT2D eigenvalue weighted by Crippen LogP contribution is 2.34. The van der Waals surface area contributed by atoms with E-state index < -0.39 is 12.0 Å². The average Bonchev–Trinajstić information content (AvgIpc) is 2.78. The number of nitrogens with zero attached hydrogens (tertiary/aromatic N) is 2. The van der Waals surface area contributed by atoms with Gasteiger partial charge in [-0.05, 0) is 30.7 Å². The number of rotatable bonds is 5. The molecule has 1 aliphatic rings. The zero-order valence-corrected chi connectivity index (χ0v) is 14.1. The standard InChI is InChI=1S/C19H23N3O2/c1-3-12(2)16(19(23)24)22-18-15-10-6-8-13-7-4-5-9-14(13)17(15)20-11-21-18/h4-5,7,9,11-12,16H,3,6,8,10H2,1-2H3,(H,23,24)(H,20,21,22)/t12?,16-/m1/s1. The minimum atomic E-state index is -0.842. The number of carbonyl (C=O) groups is 1. The van der Waals surface area contributed by atoms with Crippen LogP contribution in [0.5, 0.6) is 0 Å². The van der Waals surface area contributed by atoms with Crippen LogP contribution in [0.1, 0.15) is 37.8 Å². The van der Waals surface area contributed by atoms with Gasteiger partial charge in [-0.25, -0.2) is 14.8 Å². The second-order valence-corrected chi connectivity index (χ2v) is 6.41. The van der Waals surface area contributed by atoms with E-state index in [0.717, 1.165) is 42.5 Å². The molecular formula is C19H23N3O2. The van der Waals surface area contributed by atoms with Crippen molar-refractivity contribution in [2.45, 2.75) is 45.6 Å². The number of hydrogen-bond acceptors (Lipinski definition) is 4. The molecule has 3 rings (SSSR count). The van der Waals surface area contributed by atoms with E-state index in [1.54, 1.807) is 0 Å². The molecule has 2 atom stereocenters. The van der Waals surface area contributed by atoms with E-state index in [9.17, 15) is 9.90 Å². The summed E-state index contributed by atoms with van der Waals surface area (Å²) in [5.74, 6) is -0.165. The molecule has 0 radical (unpaired) electrons. The molecule has 5 heteroatoms. The van der Waals surface area contributed by atoms with Gasteiger partial charge in [0.15, 0.2) is 0 Å². The van der Waals surface area contributed by atoms with Gasteiger partial charge >= 0.3 is 5.97 Å². The van der Waals surface area contributed by atoms with Gasteiger partial charge in [0.2, 0.25) is 0 Å². The van der Waals surface area contributed by atoms with Gasteiger partial charge in [0.1, 0.15) is 18.2 Å². The zero-order valence-electron chi connectivity index (χ0n) is 14.1. The first-order chi connectivity index (χ1) is 11.6. The van der Waals surface area contributed by atoms with Crippen LogP contribution in [-0.2, 0) is 17.6 Å². The molecule has 1 aromatic heterocycles. The number of fused-ring (bicyclic) bond motifs is 3. The predicted octanol–water partition coefficient (Wildman–Crippen LogP) is 3.54. The molecule has 2 N–H and O–H groups in total. The molecule has 1 aliphatic carbocycles. The molecule has 0 saturated heterocycles. The summed E-state index contributed by atoms with van der Waals surface area (Å²) in [7, 11) is 0. The van der Waals surface area contributed by atoms with Crippen molar-refractivity contribution in [2.75, 3.05) is 5.32 Å². The summed E-state index contributed by atoms with van der Waals surface area (Å²) >= 11 is 0. The summed E-state index contributed by atoms with van der Waals surface area (Å²) in [6.45, 7) is 3.94. The molecule has 2 aromatic rings. The Bertz CT molecular complexity index is 745. The van der Waals surface area contributed by atoms with Crippen molar-refractivity contribution in [2.24, 2.45) is 5.92 Å². The molecule has 1 unspecified atom stereocenters. The zero-order chi connectivity index (χ0) is 17.1. The largest absolute Gasteiger partial charge is 0.480 e. The number of aryl methyl sites for hydroxylation is 1. The van der Waals surface area contributed by atoms with Gasteiger partial charge < -0.3 is 10.4 Å². The summed E-state index contributed by atoms with van der Waals surface area (Å²) in [6, 6.07) is 7.64. The second kappa shape index (κ2) is 6.99. The summed E-state index contributed by atoms with van der Waals surface area (Å²) in [5.41, 5.74) is 4.37. The highest BCUT2D eigenvalue weighted by Gasteiger charge is 2.26. The predicted molar refractivity (Wildman–Crippen MR) is 94.0 cm³/mol. The maximum atomic E-state index is 11.6. The van der Waals surface area contributed by atoms with Crippen LogP contribution >= 0.6 is 0 Å². The topological polar surface area (TPSA) is 75.1 Å². The van der Waals surface area contributed by atoms with E-state index in [0.29, 0.717) is 5.82 Å². The Morgan fingerprint density at radius 2 is 2.08 bits per heavy atom. The van der Waals surface area contributed by atoms with Crippen LogP contribution in [0.3, 0.4) is 0 Å². The van der Waals surface area contributed by atoms with Crippen molar-refractivity contribution in [3.63, 3.8) is 0 Å². The third kappa shape index (κ3) is 3.11. The monoisotopic (exact) mass is 325 g/mol. The van der Waals surface area contributed by atoms with Gasteiger partial charge in [-0.15, -0.1) is 0 Å². The first kappa shape index (κ1) is 16.4. The fraction of sp³-hybridized carbons (Fsp3) is 0.421. The third-order valence-corrected chi connectivity index (χ3v) is 4.86. The van der Waals surface area contributed by atoms with Gasteiger partial charge in [-0.1, -0.05) is 44.5 Å². The van der Waals surface area contributed by atoms with Crippen molar-refractivity contribution in [1.82, 2.24) is 9.97 Å². The second-order valence-electron chi connectivity index (χ2n) is 6.41.